The molecule has 214 valence electrons. The van der Waals surface area contributed by atoms with Crippen LogP contribution in [0.2, 0.25) is 31.0 Å². The number of rotatable bonds is 13. The van der Waals surface area contributed by atoms with E-state index in [1.165, 1.54) is 4.90 Å². The van der Waals surface area contributed by atoms with Crippen molar-refractivity contribution in [2.24, 2.45) is 0 Å². The largest absolute Gasteiger partial charge is 0.360 e. The van der Waals surface area contributed by atoms with E-state index in [2.05, 4.69) is 45.7 Å². The maximum atomic E-state index is 12.7. The van der Waals surface area contributed by atoms with Gasteiger partial charge in [-0.25, -0.2) is 14.6 Å². The summed E-state index contributed by atoms with van der Waals surface area (Å²) in [6.45, 7) is 9.19. The Morgan fingerprint density at radius 3 is 2.41 bits per heavy atom. The number of halogens is 1. The van der Waals surface area contributed by atoms with Crippen molar-refractivity contribution in [3.63, 3.8) is 0 Å². The van der Waals surface area contributed by atoms with Crippen LogP contribution in [-0.2, 0) is 11.5 Å². The summed E-state index contributed by atoms with van der Waals surface area (Å²) in [7, 11) is -1.17. The first-order valence-corrected chi connectivity index (χ1v) is 18.0. The van der Waals surface area contributed by atoms with Gasteiger partial charge in [-0.2, -0.15) is 5.10 Å². The molecule has 5 rings (SSSR count). The molecule has 2 aromatic heterocycles. The molecule has 0 unspecified atom stereocenters. The molecule has 0 radical (unpaired) electrons. The van der Waals surface area contributed by atoms with Crippen LogP contribution in [0, 0.1) is 0 Å². The Kier molecular flexibility index (Phi) is 8.81. The maximum Gasteiger partial charge on any atom is 0.261 e. The van der Waals surface area contributed by atoms with Gasteiger partial charge < -0.3 is 9.64 Å². The van der Waals surface area contributed by atoms with Gasteiger partial charge in [0.2, 0.25) is 5.28 Å². The Balaban J connectivity index is 1.26. The standard InChI is InChI=1S/C30H35ClN6O3Si/c1-41(2,3)19-18-40-21-37-26-13-9-12-25(24(26)20-33-37)35(27-14-15-32-30(31)34-27)16-7-4-8-17-36-28(38)22-10-5-6-11-23(22)29(36)39/h5-6,9-15,20H,4,7-8,16-19,21H2,1-3H3. The van der Waals surface area contributed by atoms with E-state index in [1.807, 2.05) is 29.1 Å². The molecule has 0 atom stereocenters. The summed E-state index contributed by atoms with van der Waals surface area (Å²) >= 11 is 6.18. The van der Waals surface area contributed by atoms with Crippen molar-refractivity contribution < 1.29 is 14.3 Å². The molecular formula is C30H35ClN6O3Si. The molecule has 1 aliphatic rings. The van der Waals surface area contributed by atoms with Crippen LogP contribution in [0.25, 0.3) is 10.9 Å². The van der Waals surface area contributed by atoms with Crippen molar-refractivity contribution in [1.29, 1.82) is 0 Å². The molecule has 0 bridgehead atoms. The molecule has 0 fully saturated rings. The van der Waals surface area contributed by atoms with Gasteiger partial charge in [-0.1, -0.05) is 37.8 Å². The number of carbonyl (C=O) groups excluding carboxylic acids is 2. The Morgan fingerprint density at radius 2 is 1.71 bits per heavy atom. The van der Waals surface area contributed by atoms with Crippen LogP contribution >= 0.6 is 11.6 Å². The van der Waals surface area contributed by atoms with Crippen LogP contribution in [0.3, 0.4) is 0 Å². The van der Waals surface area contributed by atoms with E-state index in [4.69, 9.17) is 16.3 Å². The predicted octanol–water partition coefficient (Wildman–Crippen LogP) is 6.40. The second kappa shape index (κ2) is 12.5. The highest BCUT2D eigenvalue weighted by atomic mass is 35.5. The molecule has 2 aromatic carbocycles. The van der Waals surface area contributed by atoms with Crippen LogP contribution in [0.15, 0.2) is 60.9 Å². The second-order valence-electron chi connectivity index (χ2n) is 11.4. The van der Waals surface area contributed by atoms with E-state index in [1.54, 1.807) is 30.5 Å². The lowest BCUT2D eigenvalue weighted by Crippen LogP contribution is -2.30. The molecule has 0 spiro atoms. The number of ether oxygens (including phenoxy) is 1. The van der Waals surface area contributed by atoms with E-state index >= 15 is 0 Å². The minimum atomic E-state index is -1.17. The van der Waals surface area contributed by atoms with Crippen molar-refractivity contribution in [3.05, 3.63) is 77.3 Å². The van der Waals surface area contributed by atoms with Gasteiger partial charge in [0, 0.05) is 39.4 Å². The average molecular weight is 591 g/mol. The van der Waals surface area contributed by atoms with Crippen LogP contribution in [0.1, 0.15) is 40.0 Å². The Morgan fingerprint density at radius 1 is 0.951 bits per heavy atom. The summed E-state index contributed by atoms with van der Waals surface area (Å²) in [5.41, 5.74) is 2.91. The molecule has 4 aromatic rings. The first-order chi connectivity index (χ1) is 19.7. The smallest absolute Gasteiger partial charge is 0.261 e. The molecule has 0 saturated heterocycles. The number of hydrogen-bond donors (Lipinski definition) is 0. The van der Waals surface area contributed by atoms with E-state index in [0.29, 0.717) is 43.2 Å². The third-order valence-electron chi connectivity index (χ3n) is 7.19. The summed E-state index contributed by atoms with van der Waals surface area (Å²) in [6.07, 6.45) is 5.86. The van der Waals surface area contributed by atoms with Crippen molar-refractivity contribution in [2.45, 2.75) is 51.7 Å². The van der Waals surface area contributed by atoms with Crippen molar-refractivity contribution in [3.8, 4) is 0 Å². The van der Waals surface area contributed by atoms with E-state index in [0.717, 1.165) is 42.1 Å². The fraction of sp³-hybridized carbons (Fsp3) is 0.367. The van der Waals surface area contributed by atoms with Crippen LogP contribution in [0.4, 0.5) is 11.5 Å². The van der Waals surface area contributed by atoms with Crippen LogP contribution < -0.4 is 4.90 Å². The molecule has 41 heavy (non-hydrogen) atoms. The third kappa shape index (κ3) is 6.66. The number of unbranched alkanes of at least 4 members (excludes halogenated alkanes) is 2. The van der Waals surface area contributed by atoms with Crippen molar-refractivity contribution in [2.75, 3.05) is 24.6 Å². The molecule has 3 heterocycles. The molecule has 1 aliphatic heterocycles. The SMILES string of the molecule is C[Si](C)(C)CCOCn1ncc2c(N(CCCCCN3C(=O)c4ccccc4C3=O)c3ccnc(Cl)n3)cccc21. The molecule has 0 N–H and O–H groups in total. The Labute approximate surface area is 246 Å². The fourth-order valence-electron chi connectivity index (χ4n) is 4.95. The summed E-state index contributed by atoms with van der Waals surface area (Å²) < 4.78 is 7.85. The lowest BCUT2D eigenvalue weighted by atomic mass is 10.1. The number of imide groups is 1. The van der Waals surface area contributed by atoms with Gasteiger partial charge in [0.25, 0.3) is 11.8 Å². The Hall–Kier alpha value is -3.60. The molecule has 0 saturated carbocycles. The molecular weight excluding hydrogens is 556 g/mol. The van der Waals surface area contributed by atoms with E-state index < -0.39 is 8.07 Å². The van der Waals surface area contributed by atoms with Gasteiger partial charge in [0.1, 0.15) is 12.5 Å². The van der Waals surface area contributed by atoms with Gasteiger partial charge in [0.15, 0.2) is 0 Å². The topological polar surface area (TPSA) is 93.5 Å². The van der Waals surface area contributed by atoms with Gasteiger partial charge in [-0.3, -0.25) is 14.5 Å². The quantitative estimate of drug-likeness (QED) is 0.0770. The maximum absolute atomic E-state index is 12.7. The zero-order valence-corrected chi connectivity index (χ0v) is 25.5. The summed E-state index contributed by atoms with van der Waals surface area (Å²) in [6, 6.07) is 16.0. The minimum Gasteiger partial charge on any atom is -0.360 e. The number of hydrogen-bond acceptors (Lipinski definition) is 7. The average Bonchev–Trinajstić information content (AvgIpc) is 3.47. The summed E-state index contributed by atoms with van der Waals surface area (Å²) in [4.78, 5) is 37.4. The van der Waals surface area contributed by atoms with Crippen LogP contribution in [-0.4, -0.2) is 64.2 Å². The number of fused-ring (bicyclic) bond motifs is 2. The number of anilines is 2. The second-order valence-corrected chi connectivity index (χ2v) is 17.4. The highest BCUT2D eigenvalue weighted by molar-refractivity contribution is 6.76. The first-order valence-electron chi connectivity index (χ1n) is 14.0. The predicted molar refractivity (Wildman–Crippen MR) is 164 cm³/mol. The van der Waals surface area contributed by atoms with Gasteiger partial charge in [-0.05, 0) is 67.2 Å². The number of benzene rings is 2. The highest BCUT2D eigenvalue weighted by Gasteiger charge is 2.34. The number of aromatic nitrogens is 4. The third-order valence-corrected chi connectivity index (χ3v) is 9.08. The number of nitrogens with zero attached hydrogens (tertiary/aromatic N) is 6. The van der Waals surface area contributed by atoms with Gasteiger partial charge >= 0.3 is 0 Å². The lowest BCUT2D eigenvalue weighted by Gasteiger charge is -2.25. The fourth-order valence-corrected chi connectivity index (χ4v) is 5.85. The summed E-state index contributed by atoms with van der Waals surface area (Å²) in [5.74, 6) is 0.268. The van der Waals surface area contributed by atoms with E-state index in [-0.39, 0.29) is 17.1 Å². The summed E-state index contributed by atoms with van der Waals surface area (Å²) in [5, 5.41) is 5.78. The van der Waals surface area contributed by atoms with E-state index in [9.17, 15) is 9.59 Å². The molecule has 11 heteroatoms. The Bertz CT molecular complexity index is 1520. The molecule has 9 nitrogen and oxygen atoms in total. The number of amides is 2. The van der Waals surface area contributed by atoms with Gasteiger partial charge in [0.05, 0.1) is 28.5 Å². The van der Waals surface area contributed by atoms with Crippen molar-refractivity contribution >= 4 is 53.9 Å². The lowest BCUT2D eigenvalue weighted by molar-refractivity contribution is 0.0651. The molecule has 2 amide bonds. The van der Waals surface area contributed by atoms with Crippen LogP contribution in [0.5, 0.6) is 0 Å². The zero-order valence-electron chi connectivity index (χ0n) is 23.7. The first kappa shape index (κ1) is 28.9. The van der Waals surface area contributed by atoms with Crippen molar-refractivity contribution in [1.82, 2.24) is 24.6 Å². The monoisotopic (exact) mass is 590 g/mol. The van der Waals surface area contributed by atoms with Gasteiger partial charge in [-0.15, -0.1) is 0 Å². The minimum absolute atomic E-state index is 0.178. The number of carbonyl (C=O) groups is 2. The highest BCUT2D eigenvalue weighted by Crippen LogP contribution is 2.32. The zero-order chi connectivity index (χ0) is 29.0. The molecule has 0 aliphatic carbocycles. The normalized spacial score (nSPS) is 13.3.